The van der Waals surface area contributed by atoms with Gasteiger partial charge in [0.05, 0.1) is 38.6 Å². The SMILES string of the molecule is CC(C)OCCOCC(O)CNCCOCC1CC1. The first-order chi connectivity index (χ1) is 9.18. The number of ether oxygens (including phenoxy) is 3. The van der Waals surface area contributed by atoms with E-state index in [1.807, 2.05) is 13.8 Å². The highest BCUT2D eigenvalue weighted by Crippen LogP contribution is 2.28. The fraction of sp³-hybridized carbons (Fsp3) is 1.00. The summed E-state index contributed by atoms with van der Waals surface area (Å²) in [5, 5.41) is 12.8. The monoisotopic (exact) mass is 275 g/mol. The molecule has 0 aliphatic heterocycles. The van der Waals surface area contributed by atoms with Gasteiger partial charge in [-0.3, -0.25) is 0 Å². The normalized spacial score (nSPS) is 17.1. The maximum atomic E-state index is 9.64. The van der Waals surface area contributed by atoms with Crippen molar-refractivity contribution in [1.29, 1.82) is 0 Å². The summed E-state index contributed by atoms with van der Waals surface area (Å²) in [7, 11) is 0. The summed E-state index contributed by atoms with van der Waals surface area (Å²) in [6.07, 6.45) is 2.40. The minimum atomic E-state index is -0.470. The van der Waals surface area contributed by atoms with Gasteiger partial charge in [-0.25, -0.2) is 0 Å². The van der Waals surface area contributed by atoms with Crippen molar-refractivity contribution in [3.05, 3.63) is 0 Å². The zero-order valence-corrected chi connectivity index (χ0v) is 12.3. The molecule has 114 valence electrons. The van der Waals surface area contributed by atoms with Crippen molar-refractivity contribution in [1.82, 2.24) is 5.32 Å². The Labute approximate surface area is 116 Å². The van der Waals surface area contributed by atoms with E-state index >= 15 is 0 Å². The molecule has 1 aliphatic rings. The third-order valence-electron chi connectivity index (χ3n) is 2.84. The number of rotatable bonds is 13. The lowest BCUT2D eigenvalue weighted by molar-refractivity contribution is -0.0103. The average molecular weight is 275 g/mol. The van der Waals surface area contributed by atoms with Crippen LogP contribution in [0.3, 0.4) is 0 Å². The Morgan fingerprint density at radius 2 is 1.95 bits per heavy atom. The maximum absolute atomic E-state index is 9.64. The first kappa shape index (κ1) is 16.9. The molecule has 0 heterocycles. The van der Waals surface area contributed by atoms with Crippen LogP contribution >= 0.6 is 0 Å². The fourth-order valence-corrected chi connectivity index (χ4v) is 1.57. The molecule has 19 heavy (non-hydrogen) atoms. The van der Waals surface area contributed by atoms with E-state index in [1.54, 1.807) is 0 Å². The molecular formula is C14H29NO4. The van der Waals surface area contributed by atoms with E-state index in [0.717, 1.165) is 19.1 Å². The van der Waals surface area contributed by atoms with Gasteiger partial charge in [-0.1, -0.05) is 0 Å². The Hall–Kier alpha value is -0.200. The second kappa shape index (κ2) is 10.6. The largest absolute Gasteiger partial charge is 0.389 e. The molecule has 0 amide bonds. The van der Waals surface area contributed by atoms with Crippen LogP contribution in [0.1, 0.15) is 26.7 Å². The smallest absolute Gasteiger partial charge is 0.0897 e. The second-order valence-electron chi connectivity index (χ2n) is 5.37. The standard InChI is InChI=1S/C14H29NO4/c1-12(2)19-8-7-18-11-14(16)9-15-5-6-17-10-13-3-4-13/h12-16H,3-11H2,1-2H3. The van der Waals surface area contributed by atoms with Crippen LogP contribution in [-0.4, -0.2) is 63.4 Å². The van der Waals surface area contributed by atoms with E-state index in [2.05, 4.69) is 5.32 Å². The zero-order valence-electron chi connectivity index (χ0n) is 12.3. The van der Waals surface area contributed by atoms with Crippen LogP contribution in [-0.2, 0) is 14.2 Å². The molecule has 0 radical (unpaired) electrons. The molecule has 5 heteroatoms. The molecule has 0 saturated heterocycles. The quantitative estimate of drug-likeness (QED) is 0.487. The molecule has 1 aliphatic carbocycles. The summed E-state index contributed by atoms with van der Waals surface area (Å²) < 4.78 is 16.1. The fourth-order valence-electron chi connectivity index (χ4n) is 1.57. The Morgan fingerprint density at radius 1 is 1.16 bits per heavy atom. The predicted molar refractivity (Wildman–Crippen MR) is 74.3 cm³/mol. The van der Waals surface area contributed by atoms with Gasteiger partial charge < -0.3 is 24.6 Å². The Kier molecular flexibility index (Phi) is 9.38. The summed E-state index contributed by atoms with van der Waals surface area (Å²) in [4.78, 5) is 0. The van der Waals surface area contributed by atoms with E-state index in [0.29, 0.717) is 33.0 Å². The van der Waals surface area contributed by atoms with E-state index in [9.17, 15) is 5.11 Å². The van der Waals surface area contributed by atoms with Crippen molar-refractivity contribution >= 4 is 0 Å². The van der Waals surface area contributed by atoms with Crippen LogP contribution in [0, 0.1) is 5.92 Å². The molecule has 5 nitrogen and oxygen atoms in total. The number of hydrogen-bond donors (Lipinski definition) is 2. The molecular weight excluding hydrogens is 246 g/mol. The van der Waals surface area contributed by atoms with Crippen molar-refractivity contribution in [2.24, 2.45) is 5.92 Å². The molecule has 1 rings (SSSR count). The van der Waals surface area contributed by atoms with E-state index in [-0.39, 0.29) is 6.10 Å². The number of nitrogens with one attached hydrogen (secondary N) is 1. The Bertz CT molecular complexity index is 210. The van der Waals surface area contributed by atoms with Crippen LogP contribution in [0.4, 0.5) is 0 Å². The van der Waals surface area contributed by atoms with E-state index in [1.165, 1.54) is 12.8 Å². The third kappa shape index (κ3) is 11.3. The van der Waals surface area contributed by atoms with Gasteiger partial charge in [-0.15, -0.1) is 0 Å². The van der Waals surface area contributed by atoms with Crippen LogP contribution < -0.4 is 5.32 Å². The van der Waals surface area contributed by atoms with Gasteiger partial charge in [0, 0.05) is 19.7 Å². The lowest BCUT2D eigenvalue weighted by atomic mass is 10.4. The number of hydrogen-bond acceptors (Lipinski definition) is 5. The summed E-state index contributed by atoms with van der Waals surface area (Å²) in [5.41, 5.74) is 0. The predicted octanol–water partition coefficient (Wildman–Crippen LogP) is 0.805. The van der Waals surface area contributed by atoms with Crippen molar-refractivity contribution in [2.75, 3.05) is 46.1 Å². The van der Waals surface area contributed by atoms with Crippen molar-refractivity contribution < 1.29 is 19.3 Å². The highest BCUT2D eigenvalue weighted by atomic mass is 16.5. The molecule has 0 spiro atoms. The molecule has 1 saturated carbocycles. The van der Waals surface area contributed by atoms with Gasteiger partial charge in [-0.05, 0) is 32.6 Å². The highest BCUT2D eigenvalue weighted by molar-refractivity contribution is 4.72. The third-order valence-corrected chi connectivity index (χ3v) is 2.84. The van der Waals surface area contributed by atoms with Gasteiger partial charge in [0.1, 0.15) is 0 Å². The number of aliphatic hydroxyl groups is 1. The van der Waals surface area contributed by atoms with Gasteiger partial charge in [-0.2, -0.15) is 0 Å². The summed E-state index contributed by atoms with van der Waals surface area (Å²) in [6.45, 7) is 8.35. The van der Waals surface area contributed by atoms with Gasteiger partial charge in [0.25, 0.3) is 0 Å². The van der Waals surface area contributed by atoms with Crippen molar-refractivity contribution in [3.8, 4) is 0 Å². The molecule has 0 bridgehead atoms. The van der Waals surface area contributed by atoms with E-state index < -0.39 is 6.10 Å². The molecule has 1 atom stereocenters. The van der Waals surface area contributed by atoms with Gasteiger partial charge in [0.15, 0.2) is 0 Å². The molecule has 1 unspecified atom stereocenters. The minimum absolute atomic E-state index is 0.228. The average Bonchev–Trinajstić information content (AvgIpc) is 3.16. The summed E-state index contributed by atoms with van der Waals surface area (Å²) >= 11 is 0. The zero-order chi connectivity index (χ0) is 13.9. The van der Waals surface area contributed by atoms with E-state index in [4.69, 9.17) is 14.2 Å². The van der Waals surface area contributed by atoms with Crippen molar-refractivity contribution in [3.63, 3.8) is 0 Å². The lowest BCUT2D eigenvalue weighted by Gasteiger charge is -2.13. The second-order valence-corrected chi connectivity index (χ2v) is 5.37. The molecule has 0 aromatic heterocycles. The summed E-state index contributed by atoms with van der Waals surface area (Å²) in [6, 6.07) is 0. The van der Waals surface area contributed by atoms with Crippen molar-refractivity contribution in [2.45, 2.75) is 38.9 Å². The molecule has 0 aromatic rings. The van der Waals surface area contributed by atoms with Gasteiger partial charge >= 0.3 is 0 Å². The lowest BCUT2D eigenvalue weighted by Crippen LogP contribution is -2.32. The minimum Gasteiger partial charge on any atom is -0.389 e. The van der Waals surface area contributed by atoms with Crippen LogP contribution in [0.5, 0.6) is 0 Å². The molecule has 0 aromatic carbocycles. The Morgan fingerprint density at radius 3 is 2.63 bits per heavy atom. The van der Waals surface area contributed by atoms with Gasteiger partial charge in [0.2, 0.25) is 0 Å². The van der Waals surface area contributed by atoms with Crippen LogP contribution in [0.2, 0.25) is 0 Å². The molecule has 2 N–H and O–H groups in total. The van der Waals surface area contributed by atoms with Crippen LogP contribution in [0.25, 0.3) is 0 Å². The first-order valence-electron chi connectivity index (χ1n) is 7.34. The molecule has 1 fully saturated rings. The first-order valence-corrected chi connectivity index (χ1v) is 7.34. The topological polar surface area (TPSA) is 60.0 Å². The maximum Gasteiger partial charge on any atom is 0.0897 e. The van der Waals surface area contributed by atoms with Crippen LogP contribution in [0.15, 0.2) is 0 Å². The number of aliphatic hydroxyl groups excluding tert-OH is 1. The highest BCUT2D eigenvalue weighted by Gasteiger charge is 2.20. The Balaban J connectivity index is 1.75. The summed E-state index contributed by atoms with van der Waals surface area (Å²) in [5.74, 6) is 0.812.